The van der Waals surface area contributed by atoms with Crippen molar-refractivity contribution in [3.8, 4) is 11.1 Å². The smallest absolute Gasteiger partial charge is 0.407 e. The monoisotopic (exact) mass is 462 g/mol. The number of hydrogen-bond acceptors (Lipinski definition) is 4. The second-order valence-electron chi connectivity index (χ2n) is 9.43. The van der Waals surface area contributed by atoms with Crippen molar-refractivity contribution >= 4 is 18.0 Å². The highest BCUT2D eigenvalue weighted by Crippen LogP contribution is 2.44. The second kappa shape index (κ2) is 9.33. The Morgan fingerprint density at radius 2 is 1.65 bits per heavy atom. The first-order valence-electron chi connectivity index (χ1n) is 11.5. The van der Waals surface area contributed by atoms with Crippen molar-refractivity contribution in [2.45, 2.75) is 44.2 Å². The molecule has 0 bridgehead atoms. The summed E-state index contributed by atoms with van der Waals surface area (Å²) in [6.07, 6.45) is 4.06. The van der Waals surface area contributed by atoms with Crippen LogP contribution in [0.5, 0.6) is 0 Å². The van der Waals surface area contributed by atoms with Gasteiger partial charge in [0.1, 0.15) is 12.1 Å². The normalized spacial score (nSPS) is 19.1. The molecule has 34 heavy (non-hydrogen) atoms. The van der Waals surface area contributed by atoms with Gasteiger partial charge in [-0.2, -0.15) is 0 Å². The number of rotatable bonds is 6. The van der Waals surface area contributed by atoms with E-state index in [0.29, 0.717) is 12.8 Å². The van der Waals surface area contributed by atoms with Crippen LogP contribution in [0.4, 0.5) is 4.79 Å². The Morgan fingerprint density at radius 3 is 2.24 bits per heavy atom. The first-order valence-corrected chi connectivity index (χ1v) is 11.5. The van der Waals surface area contributed by atoms with Gasteiger partial charge in [-0.25, -0.2) is 9.59 Å². The Balaban J connectivity index is 1.36. The predicted molar refractivity (Wildman–Crippen MR) is 128 cm³/mol. The summed E-state index contributed by atoms with van der Waals surface area (Å²) in [5.74, 6) is -1.76. The fourth-order valence-electron chi connectivity index (χ4n) is 4.68. The largest absolute Gasteiger partial charge is 0.480 e. The van der Waals surface area contributed by atoms with Crippen LogP contribution in [-0.2, 0) is 14.3 Å². The lowest BCUT2D eigenvalue weighted by Gasteiger charge is -2.35. The number of ether oxygens (including phenoxy) is 1. The van der Waals surface area contributed by atoms with E-state index in [1.165, 1.54) is 25.8 Å². The lowest BCUT2D eigenvalue weighted by molar-refractivity contribution is -0.157. The topological polar surface area (TPSA) is 95.9 Å². The molecule has 4 rings (SSSR count). The van der Waals surface area contributed by atoms with Gasteiger partial charge in [-0.05, 0) is 48.9 Å². The molecule has 0 aliphatic heterocycles. The maximum atomic E-state index is 12.9. The zero-order valence-electron chi connectivity index (χ0n) is 19.7. The van der Waals surface area contributed by atoms with Crippen LogP contribution >= 0.6 is 0 Å². The molecule has 2 N–H and O–H groups in total. The van der Waals surface area contributed by atoms with Crippen LogP contribution in [0, 0.1) is 5.92 Å². The maximum Gasteiger partial charge on any atom is 0.407 e. The fourth-order valence-corrected chi connectivity index (χ4v) is 4.68. The molecule has 0 heterocycles. The lowest BCUT2D eigenvalue weighted by Crippen LogP contribution is -2.53. The van der Waals surface area contributed by atoms with Crippen LogP contribution in [0.15, 0.2) is 60.7 Å². The van der Waals surface area contributed by atoms with Crippen LogP contribution in [0.3, 0.4) is 0 Å². The summed E-state index contributed by atoms with van der Waals surface area (Å²) < 4.78 is 5.61. The second-order valence-corrected chi connectivity index (χ2v) is 9.43. The quantitative estimate of drug-likeness (QED) is 0.628. The third kappa shape index (κ3) is 4.42. The summed E-state index contributed by atoms with van der Waals surface area (Å²) in [5.41, 5.74) is 3.30. The zero-order valence-corrected chi connectivity index (χ0v) is 19.7. The van der Waals surface area contributed by atoms with E-state index in [-0.39, 0.29) is 24.5 Å². The Hall–Kier alpha value is -3.61. The van der Waals surface area contributed by atoms with E-state index in [9.17, 15) is 19.5 Å². The molecule has 2 aliphatic carbocycles. The van der Waals surface area contributed by atoms with Crippen molar-refractivity contribution in [1.82, 2.24) is 10.2 Å². The van der Waals surface area contributed by atoms with Crippen LogP contribution < -0.4 is 5.32 Å². The zero-order chi connectivity index (χ0) is 24.5. The van der Waals surface area contributed by atoms with Crippen molar-refractivity contribution in [1.29, 1.82) is 0 Å². The first kappa shape index (κ1) is 23.5. The van der Waals surface area contributed by atoms with Gasteiger partial charge in [0.15, 0.2) is 0 Å². The summed E-state index contributed by atoms with van der Waals surface area (Å²) in [5, 5.41) is 12.3. The molecule has 0 unspecified atom stereocenters. The number of aliphatic carboxylic acids is 1. The molecule has 2 aromatic carbocycles. The molecule has 0 aromatic heterocycles. The molecular formula is C27H30N2O5. The number of hydrogen-bond donors (Lipinski definition) is 2. The number of carboxylic acids is 1. The standard InChI is InChI=1S/C27H30N2O5/c1-27(2,25(31)32)29(3)24(30)17-9-8-10-18(15-17)28-26(33)34-16-23-21-13-6-4-11-19(21)20-12-5-7-14-22(20)23/h4-8,10-14,17-18,23H,9,15-16H2,1-3H3,(H,28,33)(H,31,32)/t17-,18-/m1/s1. The first-order chi connectivity index (χ1) is 16.2. The summed E-state index contributed by atoms with van der Waals surface area (Å²) >= 11 is 0. The minimum Gasteiger partial charge on any atom is -0.480 e. The van der Waals surface area contributed by atoms with Gasteiger partial charge in [-0.1, -0.05) is 60.7 Å². The summed E-state index contributed by atoms with van der Waals surface area (Å²) in [6.45, 7) is 3.21. The summed E-state index contributed by atoms with van der Waals surface area (Å²) in [6, 6.07) is 15.9. The number of allylic oxidation sites excluding steroid dienone is 1. The minimum absolute atomic E-state index is 0.0266. The maximum absolute atomic E-state index is 12.9. The van der Waals surface area contributed by atoms with Gasteiger partial charge in [0.25, 0.3) is 0 Å². The molecule has 7 nitrogen and oxygen atoms in total. The van der Waals surface area contributed by atoms with Crippen molar-refractivity contribution < 1.29 is 24.2 Å². The molecule has 2 aromatic rings. The number of carbonyl (C=O) groups is 3. The van der Waals surface area contributed by atoms with E-state index in [2.05, 4.69) is 29.6 Å². The number of amides is 2. The molecule has 0 spiro atoms. The van der Waals surface area contributed by atoms with Gasteiger partial charge in [-0.15, -0.1) is 0 Å². The molecule has 2 atom stereocenters. The van der Waals surface area contributed by atoms with E-state index in [1.807, 2.05) is 36.4 Å². The molecule has 0 saturated heterocycles. The van der Waals surface area contributed by atoms with Crippen LogP contribution in [0.25, 0.3) is 11.1 Å². The highest BCUT2D eigenvalue weighted by molar-refractivity contribution is 5.87. The predicted octanol–water partition coefficient (Wildman–Crippen LogP) is 4.18. The van der Waals surface area contributed by atoms with Crippen LogP contribution in [-0.4, -0.2) is 53.2 Å². The highest BCUT2D eigenvalue weighted by Gasteiger charge is 2.39. The molecular weight excluding hydrogens is 432 g/mol. The van der Waals surface area contributed by atoms with Crippen molar-refractivity contribution in [3.63, 3.8) is 0 Å². The van der Waals surface area contributed by atoms with Gasteiger partial charge >= 0.3 is 12.1 Å². The number of alkyl carbamates (subject to hydrolysis) is 1. The van der Waals surface area contributed by atoms with Crippen molar-refractivity contribution in [2.24, 2.45) is 5.92 Å². The summed E-state index contributed by atoms with van der Waals surface area (Å²) in [7, 11) is 1.50. The molecule has 2 aliphatic rings. The number of nitrogens with zero attached hydrogens (tertiary/aromatic N) is 1. The third-order valence-electron chi connectivity index (χ3n) is 7.02. The SMILES string of the molecule is CN(C(=O)[C@@H]1CC=C[C@@H](NC(=O)OCC2c3ccccc3-c3ccccc32)C1)C(C)(C)C(=O)O. The van der Waals surface area contributed by atoms with E-state index in [0.717, 1.165) is 22.3 Å². The van der Waals surface area contributed by atoms with Gasteiger partial charge in [0, 0.05) is 18.9 Å². The van der Waals surface area contributed by atoms with Crippen LogP contribution in [0.1, 0.15) is 43.7 Å². The van der Waals surface area contributed by atoms with Gasteiger partial charge in [-0.3, -0.25) is 4.79 Å². The molecule has 0 saturated carbocycles. The lowest BCUT2D eigenvalue weighted by atomic mass is 9.88. The van der Waals surface area contributed by atoms with E-state index in [1.54, 1.807) is 0 Å². The average molecular weight is 463 g/mol. The van der Waals surface area contributed by atoms with Gasteiger partial charge < -0.3 is 20.1 Å². The highest BCUT2D eigenvalue weighted by atomic mass is 16.5. The summed E-state index contributed by atoms with van der Waals surface area (Å²) in [4.78, 5) is 38.3. The molecule has 178 valence electrons. The Bertz CT molecular complexity index is 1090. The van der Waals surface area contributed by atoms with E-state index < -0.39 is 23.5 Å². The van der Waals surface area contributed by atoms with Gasteiger partial charge in [0.05, 0.1) is 6.04 Å². The molecule has 0 fully saturated rings. The number of nitrogens with one attached hydrogen (secondary N) is 1. The number of likely N-dealkylation sites (N-methyl/N-ethyl adjacent to an activating group) is 1. The number of carboxylic acid groups (broad SMARTS) is 1. The molecule has 2 amide bonds. The van der Waals surface area contributed by atoms with Gasteiger partial charge in [0.2, 0.25) is 5.91 Å². The average Bonchev–Trinajstić information content (AvgIpc) is 3.15. The number of fused-ring (bicyclic) bond motifs is 3. The van der Waals surface area contributed by atoms with E-state index in [4.69, 9.17) is 4.74 Å². The van der Waals surface area contributed by atoms with Crippen molar-refractivity contribution in [2.75, 3.05) is 13.7 Å². The number of carbonyl (C=O) groups excluding carboxylic acids is 2. The molecule has 7 heteroatoms. The Labute approximate surface area is 199 Å². The Morgan fingerprint density at radius 1 is 1.06 bits per heavy atom. The van der Waals surface area contributed by atoms with Crippen LogP contribution in [0.2, 0.25) is 0 Å². The number of benzene rings is 2. The fraction of sp³-hybridized carbons (Fsp3) is 0.370. The Kier molecular flexibility index (Phi) is 6.46. The molecule has 0 radical (unpaired) electrons. The minimum atomic E-state index is -1.31. The van der Waals surface area contributed by atoms with Crippen molar-refractivity contribution in [3.05, 3.63) is 71.8 Å². The van der Waals surface area contributed by atoms with E-state index >= 15 is 0 Å². The third-order valence-corrected chi connectivity index (χ3v) is 7.02.